The average molecular weight is 247 g/mol. The molecule has 0 radical (unpaired) electrons. The van der Waals surface area contributed by atoms with Crippen molar-refractivity contribution >= 4 is 10.9 Å². The molecule has 0 fully saturated rings. The first kappa shape index (κ1) is 10.9. The lowest BCUT2D eigenvalue weighted by atomic mass is 9.77. The highest BCUT2D eigenvalue weighted by Gasteiger charge is 2.25. The van der Waals surface area contributed by atoms with Gasteiger partial charge in [-0.15, -0.1) is 0 Å². The van der Waals surface area contributed by atoms with Gasteiger partial charge < -0.3 is 4.57 Å². The molecule has 0 aliphatic heterocycles. The number of hydrogen-bond donors (Lipinski definition) is 0. The molecule has 94 valence electrons. The topological polar surface area (TPSA) is 4.93 Å². The fourth-order valence-corrected chi connectivity index (χ4v) is 3.30. The molecule has 2 aromatic carbocycles. The van der Waals surface area contributed by atoms with Crippen molar-refractivity contribution < 1.29 is 0 Å². The largest absolute Gasteiger partial charge is 0.347 e. The van der Waals surface area contributed by atoms with Crippen molar-refractivity contribution in [3.05, 3.63) is 71.4 Å². The van der Waals surface area contributed by atoms with Crippen molar-refractivity contribution in [1.82, 2.24) is 4.57 Å². The minimum absolute atomic E-state index is 0.687. The van der Waals surface area contributed by atoms with Crippen LogP contribution >= 0.6 is 0 Å². The van der Waals surface area contributed by atoms with Crippen LogP contribution in [-0.4, -0.2) is 4.57 Å². The number of aryl methyl sites for hydroxylation is 1. The second kappa shape index (κ2) is 3.99. The SMILES string of the molecule is Cc1cccc2c1ccn2CC1Cc2ccccc21. The summed E-state index contributed by atoms with van der Waals surface area (Å²) in [6, 6.07) is 17.6. The summed E-state index contributed by atoms with van der Waals surface area (Å²) in [4.78, 5) is 0. The van der Waals surface area contributed by atoms with Crippen LogP contribution in [0.25, 0.3) is 10.9 Å². The Bertz CT molecular complexity index is 751. The molecule has 0 saturated heterocycles. The third kappa shape index (κ3) is 1.61. The molecule has 19 heavy (non-hydrogen) atoms. The van der Waals surface area contributed by atoms with E-state index in [1.54, 1.807) is 0 Å². The predicted octanol–water partition coefficient (Wildman–Crippen LogP) is 4.29. The summed E-state index contributed by atoms with van der Waals surface area (Å²) in [5.41, 5.74) is 5.80. The van der Waals surface area contributed by atoms with Gasteiger partial charge in [-0.05, 0) is 42.2 Å². The maximum atomic E-state index is 2.41. The van der Waals surface area contributed by atoms with E-state index in [0.717, 1.165) is 6.54 Å². The summed E-state index contributed by atoms with van der Waals surface area (Å²) in [6.07, 6.45) is 3.46. The molecule has 0 N–H and O–H groups in total. The Morgan fingerprint density at radius 3 is 2.84 bits per heavy atom. The summed E-state index contributed by atoms with van der Waals surface area (Å²) >= 11 is 0. The van der Waals surface area contributed by atoms with Gasteiger partial charge in [0.05, 0.1) is 0 Å². The van der Waals surface area contributed by atoms with Gasteiger partial charge >= 0.3 is 0 Å². The van der Waals surface area contributed by atoms with Crippen molar-refractivity contribution in [2.75, 3.05) is 0 Å². The van der Waals surface area contributed by atoms with Gasteiger partial charge in [-0.1, -0.05) is 36.4 Å². The zero-order valence-corrected chi connectivity index (χ0v) is 11.1. The van der Waals surface area contributed by atoms with E-state index in [4.69, 9.17) is 0 Å². The van der Waals surface area contributed by atoms with E-state index in [0.29, 0.717) is 5.92 Å². The van der Waals surface area contributed by atoms with Gasteiger partial charge in [-0.2, -0.15) is 0 Å². The molecule has 1 nitrogen and oxygen atoms in total. The summed E-state index contributed by atoms with van der Waals surface area (Å²) in [5, 5.41) is 1.38. The first-order chi connectivity index (χ1) is 9.33. The van der Waals surface area contributed by atoms with Crippen LogP contribution in [-0.2, 0) is 13.0 Å². The molecule has 1 aliphatic rings. The molecule has 4 rings (SSSR count). The lowest BCUT2D eigenvalue weighted by molar-refractivity contribution is 0.518. The van der Waals surface area contributed by atoms with Crippen molar-refractivity contribution in [3.63, 3.8) is 0 Å². The number of fused-ring (bicyclic) bond motifs is 2. The van der Waals surface area contributed by atoms with Gasteiger partial charge in [0.2, 0.25) is 0 Å². The van der Waals surface area contributed by atoms with E-state index in [2.05, 4.69) is 66.2 Å². The number of rotatable bonds is 2. The van der Waals surface area contributed by atoms with Gasteiger partial charge in [0.15, 0.2) is 0 Å². The summed E-state index contributed by atoms with van der Waals surface area (Å²) in [7, 11) is 0. The zero-order valence-electron chi connectivity index (χ0n) is 11.1. The van der Waals surface area contributed by atoms with Crippen molar-refractivity contribution in [2.45, 2.75) is 25.8 Å². The minimum atomic E-state index is 0.687. The maximum Gasteiger partial charge on any atom is 0.0483 e. The highest BCUT2D eigenvalue weighted by molar-refractivity contribution is 5.83. The fraction of sp³-hybridized carbons (Fsp3) is 0.222. The van der Waals surface area contributed by atoms with Gasteiger partial charge in [0.25, 0.3) is 0 Å². The lowest BCUT2D eigenvalue weighted by Gasteiger charge is -2.30. The Hall–Kier alpha value is -2.02. The Morgan fingerprint density at radius 2 is 1.95 bits per heavy atom. The monoisotopic (exact) mass is 247 g/mol. The number of benzene rings is 2. The quantitative estimate of drug-likeness (QED) is 0.636. The smallest absolute Gasteiger partial charge is 0.0483 e. The van der Waals surface area contributed by atoms with Crippen LogP contribution in [0.2, 0.25) is 0 Å². The summed E-state index contributed by atoms with van der Waals surface area (Å²) in [6.45, 7) is 3.29. The lowest BCUT2D eigenvalue weighted by Crippen LogP contribution is -2.21. The third-order valence-electron chi connectivity index (χ3n) is 4.41. The Morgan fingerprint density at radius 1 is 1.05 bits per heavy atom. The molecule has 0 spiro atoms. The number of aromatic nitrogens is 1. The molecule has 1 heterocycles. The van der Waals surface area contributed by atoms with E-state index in [9.17, 15) is 0 Å². The van der Waals surface area contributed by atoms with Crippen molar-refractivity contribution in [2.24, 2.45) is 0 Å². The Balaban J connectivity index is 1.69. The van der Waals surface area contributed by atoms with Gasteiger partial charge in [-0.3, -0.25) is 0 Å². The van der Waals surface area contributed by atoms with Gasteiger partial charge in [-0.25, -0.2) is 0 Å². The molecule has 1 atom stereocenters. The Kier molecular flexibility index (Phi) is 2.28. The van der Waals surface area contributed by atoms with Gasteiger partial charge in [0, 0.05) is 29.6 Å². The van der Waals surface area contributed by atoms with Crippen molar-refractivity contribution in [3.8, 4) is 0 Å². The Labute approximate surface area is 113 Å². The van der Waals surface area contributed by atoms with E-state index in [-0.39, 0.29) is 0 Å². The second-order valence-corrected chi connectivity index (χ2v) is 5.58. The molecular formula is C18H17N. The summed E-state index contributed by atoms with van der Waals surface area (Å²) in [5.74, 6) is 0.687. The van der Waals surface area contributed by atoms with Crippen LogP contribution in [0.5, 0.6) is 0 Å². The standard InChI is InChI=1S/C18H17N/c1-13-5-4-8-18-16(13)9-10-19(18)12-15-11-14-6-2-3-7-17(14)15/h2-10,15H,11-12H2,1H3. The molecule has 1 unspecified atom stereocenters. The molecule has 1 aliphatic carbocycles. The molecule has 0 amide bonds. The van der Waals surface area contributed by atoms with E-state index < -0.39 is 0 Å². The van der Waals surface area contributed by atoms with E-state index in [1.165, 1.54) is 34.0 Å². The highest BCUT2D eigenvalue weighted by Crippen LogP contribution is 2.36. The minimum Gasteiger partial charge on any atom is -0.347 e. The molecule has 0 saturated carbocycles. The average Bonchev–Trinajstić information content (AvgIpc) is 2.81. The summed E-state index contributed by atoms with van der Waals surface area (Å²) < 4.78 is 2.41. The van der Waals surface area contributed by atoms with Crippen LogP contribution in [0.3, 0.4) is 0 Å². The second-order valence-electron chi connectivity index (χ2n) is 5.58. The first-order valence-electron chi connectivity index (χ1n) is 6.95. The molecule has 0 bridgehead atoms. The molecule has 1 heteroatoms. The third-order valence-corrected chi connectivity index (χ3v) is 4.41. The molecule has 1 aromatic heterocycles. The van der Waals surface area contributed by atoms with Crippen LogP contribution < -0.4 is 0 Å². The van der Waals surface area contributed by atoms with Crippen LogP contribution in [0.4, 0.5) is 0 Å². The first-order valence-corrected chi connectivity index (χ1v) is 6.95. The van der Waals surface area contributed by atoms with Crippen LogP contribution in [0.1, 0.15) is 22.6 Å². The van der Waals surface area contributed by atoms with E-state index in [1.807, 2.05) is 0 Å². The van der Waals surface area contributed by atoms with Crippen LogP contribution in [0.15, 0.2) is 54.7 Å². The normalized spacial score (nSPS) is 17.2. The van der Waals surface area contributed by atoms with E-state index >= 15 is 0 Å². The molecular weight excluding hydrogens is 230 g/mol. The number of hydrogen-bond acceptors (Lipinski definition) is 0. The highest BCUT2D eigenvalue weighted by atomic mass is 15.0. The predicted molar refractivity (Wildman–Crippen MR) is 79.6 cm³/mol. The van der Waals surface area contributed by atoms with Crippen molar-refractivity contribution in [1.29, 1.82) is 0 Å². The number of nitrogens with zero attached hydrogens (tertiary/aromatic N) is 1. The fourth-order valence-electron chi connectivity index (χ4n) is 3.30. The molecule has 3 aromatic rings. The maximum absolute atomic E-state index is 2.41. The zero-order chi connectivity index (χ0) is 12.8. The van der Waals surface area contributed by atoms with Gasteiger partial charge in [0.1, 0.15) is 0 Å². The van der Waals surface area contributed by atoms with Crippen LogP contribution in [0, 0.1) is 6.92 Å².